The molecule has 2 unspecified atom stereocenters. The number of piperidine rings is 1. The molecule has 0 saturated carbocycles. The Morgan fingerprint density at radius 2 is 1.81 bits per heavy atom. The van der Waals surface area contributed by atoms with E-state index in [1.54, 1.807) is 0 Å². The fourth-order valence-corrected chi connectivity index (χ4v) is 5.14. The molecule has 4 nitrogen and oxygen atoms in total. The normalized spacial score (nSPS) is 20.8. The number of hydrogen-bond donors (Lipinski definition) is 1. The van der Waals surface area contributed by atoms with Crippen LogP contribution >= 0.6 is 0 Å². The molecule has 2 aliphatic rings. The van der Waals surface area contributed by atoms with Gasteiger partial charge >= 0.3 is 0 Å². The average Bonchev–Trinajstić information content (AvgIpc) is 3.09. The molecule has 0 bridgehead atoms. The van der Waals surface area contributed by atoms with Crippen LogP contribution in [0, 0.1) is 24.2 Å². The molecule has 36 heavy (non-hydrogen) atoms. The van der Waals surface area contributed by atoms with Crippen molar-refractivity contribution >= 4 is 6.21 Å². The molecule has 0 amide bonds. The van der Waals surface area contributed by atoms with Crippen molar-refractivity contribution in [3.8, 4) is 28.5 Å². The van der Waals surface area contributed by atoms with Gasteiger partial charge in [-0.25, -0.2) is 13.8 Å². The summed E-state index contributed by atoms with van der Waals surface area (Å²) in [5.74, 6) is -3.22. The van der Waals surface area contributed by atoms with Gasteiger partial charge in [-0.05, 0) is 61.9 Å². The maximum absolute atomic E-state index is 14.3. The van der Waals surface area contributed by atoms with Gasteiger partial charge in [-0.2, -0.15) is 5.26 Å². The first-order valence-electron chi connectivity index (χ1n) is 12.7. The Morgan fingerprint density at radius 3 is 2.53 bits per heavy atom. The molecule has 3 heterocycles. The van der Waals surface area contributed by atoms with E-state index in [1.165, 1.54) is 5.56 Å². The van der Waals surface area contributed by atoms with Crippen LogP contribution in [-0.2, 0) is 6.42 Å². The molecule has 184 valence electrons. The summed E-state index contributed by atoms with van der Waals surface area (Å²) < 4.78 is 28.6. The fourth-order valence-electron chi connectivity index (χ4n) is 5.14. The Kier molecular flexibility index (Phi) is 6.93. The van der Waals surface area contributed by atoms with Crippen LogP contribution in [0.1, 0.15) is 48.1 Å². The van der Waals surface area contributed by atoms with E-state index in [0.29, 0.717) is 31.5 Å². The minimum absolute atomic E-state index is 0.0121. The Bertz CT molecular complexity index is 1290. The van der Waals surface area contributed by atoms with E-state index in [-0.39, 0.29) is 12.5 Å². The highest BCUT2D eigenvalue weighted by Crippen LogP contribution is 2.36. The molecule has 0 aliphatic carbocycles. The van der Waals surface area contributed by atoms with Crippen LogP contribution in [0.4, 0.5) is 8.78 Å². The summed E-state index contributed by atoms with van der Waals surface area (Å²) in [4.78, 5) is 9.84. The number of alkyl halides is 2. The van der Waals surface area contributed by atoms with E-state index in [0.717, 1.165) is 46.5 Å². The molecule has 1 aromatic heterocycles. The standard InChI is InChI=1S/C30H30F2N4/c1-20-2-6-23(7-3-20)29-27(22-8-4-21(17-33)5-9-22)16-24-10-12-26(35-19-28(24)36-29)13-11-25-18-34-15-14-30(25,31)32/h2-9,16,19,25-26,34H,10-15,18H2,1H3. The molecule has 3 aromatic rings. The summed E-state index contributed by atoms with van der Waals surface area (Å²) >= 11 is 0. The topological polar surface area (TPSA) is 61.1 Å². The zero-order valence-electron chi connectivity index (χ0n) is 20.5. The van der Waals surface area contributed by atoms with Crippen molar-refractivity contribution in [2.45, 2.75) is 51.0 Å². The van der Waals surface area contributed by atoms with E-state index in [9.17, 15) is 14.0 Å². The van der Waals surface area contributed by atoms with Gasteiger partial charge in [0.05, 0.1) is 29.1 Å². The van der Waals surface area contributed by atoms with Crippen molar-refractivity contribution in [2.24, 2.45) is 10.9 Å². The van der Waals surface area contributed by atoms with Gasteiger partial charge in [0, 0.05) is 42.8 Å². The lowest BCUT2D eigenvalue weighted by Gasteiger charge is -2.32. The first kappa shape index (κ1) is 24.3. The summed E-state index contributed by atoms with van der Waals surface area (Å²) in [7, 11) is 0. The van der Waals surface area contributed by atoms with E-state index in [1.807, 2.05) is 30.5 Å². The summed E-state index contributed by atoms with van der Waals surface area (Å²) in [6.45, 7) is 2.82. The molecular weight excluding hydrogens is 454 g/mol. The number of pyridine rings is 1. The molecule has 6 heteroatoms. The molecule has 2 aromatic carbocycles. The van der Waals surface area contributed by atoms with Crippen molar-refractivity contribution in [2.75, 3.05) is 13.1 Å². The molecule has 0 radical (unpaired) electrons. The number of aromatic nitrogens is 1. The molecule has 1 saturated heterocycles. The SMILES string of the molecule is Cc1ccc(-c2nc3c(cc2-c2ccc(C#N)cc2)CCC(CCC2CNCCC2(F)F)N=C3)cc1. The summed E-state index contributed by atoms with van der Waals surface area (Å²) in [6, 6.07) is 20.3. The third kappa shape index (κ3) is 5.22. The lowest BCUT2D eigenvalue weighted by Crippen LogP contribution is -2.44. The Hall–Kier alpha value is -3.43. The van der Waals surface area contributed by atoms with Crippen LogP contribution < -0.4 is 5.32 Å². The van der Waals surface area contributed by atoms with Crippen molar-refractivity contribution in [1.29, 1.82) is 5.26 Å². The van der Waals surface area contributed by atoms with Gasteiger partial charge in [-0.15, -0.1) is 0 Å². The number of hydrogen-bond acceptors (Lipinski definition) is 4. The molecular formula is C30H30F2N4. The largest absolute Gasteiger partial charge is 0.316 e. The van der Waals surface area contributed by atoms with Gasteiger partial charge in [0.15, 0.2) is 0 Å². The molecule has 0 spiro atoms. The number of aliphatic imine (C=N–C) groups is 1. The second-order valence-electron chi connectivity index (χ2n) is 9.94. The number of nitrogens with one attached hydrogen (secondary N) is 1. The summed E-state index contributed by atoms with van der Waals surface area (Å²) in [5.41, 5.74) is 7.66. The predicted molar refractivity (Wildman–Crippen MR) is 139 cm³/mol. The zero-order valence-corrected chi connectivity index (χ0v) is 20.5. The lowest BCUT2D eigenvalue weighted by atomic mass is 9.88. The smallest absolute Gasteiger partial charge is 0.253 e. The monoisotopic (exact) mass is 484 g/mol. The third-order valence-electron chi connectivity index (χ3n) is 7.41. The van der Waals surface area contributed by atoms with Crippen molar-refractivity contribution in [3.63, 3.8) is 0 Å². The number of rotatable bonds is 5. The van der Waals surface area contributed by atoms with Gasteiger partial charge in [0.2, 0.25) is 0 Å². The van der Waals surface area contributed by atoms with Crippen LogP contribution in [0.15, 0.2) is 59.6 Å². The van der Waals surface area contributed by atoms with Gasteiger partial charge in [-0.1, -0.05) is 42.0 Å². The summed E-state index contributed by atoms with van der Waals surface area (Å²) in [6.07, 6.45) is 4.49. The van der Waals surface area contributed by atoms with E-state index in [4.69, 9.17) is 9.98 Å². The number of halogens is 2. The average molecular weight is 485 g/mol. The van der Waals surface area contributed by atoms with Crippen LogP contribution in [0.2, 0.25) is 0 Å². The highest BCUT2D eigenvalue weighted by atomic mass is 19.3. The van der Waals surface area contributed by atoms with Crippen molar-refractivity contribution < 1.29 is 8.78 Å². The summed E-state index contributed by atoms with van der Waals surface area (Å²) in [5, 5.41) is 12.3. The molecule has 2 atom stereocenters. The Labute approximate surface area is 211 Å². The first-order chi connectivity index (χ1) is 17.4. The van der Waals surface area contributed by atoms with E-state index in [2.05, 4.69) is 48.6 Å². The number of nitriles is 1. The molecule has 5 rings (SSSR count). The van der Waals surface area contributed by atoms with Crippen molar-refractivity contribution in [1.82, 2.24) is 10.3 Å². The number of benzene rings is 2. The van der Waals surface area contributed by atoms with Gasteiger partial charge in [0.1, 0.15) is 0 Å². The Morgan fingerprint density at radius 1 is 1.06 bits per heavy atom. The van der Waals surface area contributed by atoms with Crippen LogP contribution in [-0.4, -0.2) is 36.3 Å². The number of fused-ring (bicyclic) bond motifs is 1. The predicted octanol–water partition coefficient (Wildman–Crippen LogP) is 6.35. The minimum Gasteiger partial charge on any atom is -0.316 e. The minimum atomic E-state index is -2.59. The van der Waals surface area contributed by atoms with Gasteiger partial charge < -0.3 is 5.32 Å². The quantitative estimate of drug-likeness (QED) is 0.459. The van der Waals surface area contributed by atoms with E-state index >= 15 is 0 Å². The second kappa shape index (κ2) is 10.3. The first-order valence-corrected chi connectivity index (χ1v) is 12.7. The third-order valence-corrected chi connectivity index (χ3v) is 7.41. The maximum Gasteiger partial charge on any atom is 0.253 e. The molecule has 1 fully saturated rings. The molecule has 1 N–H and O–H groups in total. The molecule has 2 aliphatic heterocycles. The maximum atomic E-state index is 14.3. The zero-order chi connectivity index (χ0) is 25.1. The van der Waals surface area contributed by atoms with Crippen molar-refractivity contribution in [3.05, 3.63) is 77.0 Å². The van der Waals surface area contributed by atoms with E-state index < -0.39 is 11.8 Å². The van der Waals surface area contributed by atoms with Crippen LogP contribution in [0.5, 0.6) is 0 Å². The second-order valence-corrected chi connectivity index (χ2v) is 9.94. The highest BCUT2D eigenvalue weighted by Gasteiger charge is 2.41. The van der Waals surface area contributed by atoms with Crippen LogP contribution in [0.3, 0.4) is 0 Å². The lowest BCUT2D eigenvalue weighted by molar-refractivity contribution is -0.0815. The van der Waals surface area contributed by atoms with Gasteiger partial charge in [0.25, 0.3) is 5.92 Å². The highest BCUT2D eigenvalue weighted by molar-refractivity contribution is 5.87. The fraction of sp³-hybridized carbons (Fsp3) is 0.367. The Balaban J connectivity index is 1.43. The van der Waals surface area contributed by atoms with Crippen LogP contribution in [0.25, 0.3) is 22.4 Å². The number of nitrogens with zero attached hydrogens (tertiary/aromatic N) is 3. The van der Waals surface area contributed by atoms with Gasteiger partial charge in [-0.3, -0.25) is 4.99 Å². The number of aryl methyl sites for hydroxylation is 2.